The maximum atomic E-state index is 5.95. The van der Waals surface area contributed by atoms with Gasteiger partial charge in [0, 0.05) is 12.1 Å². The third-order valence-corrected chi connectivity index (χ3v) is 3.17. The second-order valence-electron chi connectivity index (χ2n) is 5.35. The Balaban J connectivity index is 2.52. The number of para-hydroxylation sites is 1. The van der Waals surface area contributed by atoms with E-state index in [-0.39, 0.29) is 6.10 Å². The lowest BCUT2D eigenvalue weighted by atomic mass is 9.96. The summed E-state index contributed by atoms with van der Waals surface area (Å²) in [5, 5.41) is 3.23. The lowest BCUT2D eigenvalue weighted by Gasteiger charge is -2.17. The molecule has 2 nitrogen and oxygen atoms in total. The highest BCUT2D eigenvalue weighted by molar-refractivity contribution is 5.74. The highest BCUT2D eigenvalue weighted by atomic mass is 16.5. The predicted molar refractivity (Wildman–Crippen MR) is 85.1 cm³/mol. The van der Waals surface area contributed by atoms with E-state index in [9.17, 15) is 0 Å². The lowest BCUT2D eigenvalue weighted by Crippen LogP contribution is -2.09. The van der Waals surface area contributed by atoms with Crippen LogP contribution in [0.1, 0.15) is 25.0 Å². The van der Waals surface area contributed by atoms with Crippen LogP contribution < -0.4 is 10.1 Å². The van der Waals surface area contributed by atoms with E-state index in [0.29, 0.717) is 0 Å². The first-order valence-corrected chi connectivity index (χ1v) is 7.12. The molecule has 0 bridgehead atoms. The van der Waals surface area contributed by atoms with Crippen molar-refractivity contribution in [3.8, 4) is 16.9 Å². The number of rotatable bonds is 5. The Kier molecular flexibility index (Phi) is 4.80. The van der Waals surface area contributed by atoms with Crippen LogP contribution in [0.4, 0.5) is 0 Å². The molecule has 0 atom stereocenters. The summed E-state index contributed by atoms with van der Waals surface area (Å²) in [6, 6.07) is 14.8. The highest BCUT2D eigenvalue weighted by Crippen LogP contribution is 2.33. The van der Waals surface area contributed by atoms with Crippen molar-refractivity contribution in [1.82, 2.24) is 5.32 Å². The summed E-state index contributed by atoms with van der Waals surface area (Å²) in [4.78, 5) is 0. The Labute approximate surface area is 121 Å². The van der Waals surface area contributed by atoms with Crippen LogP contribution in [-0.2, 0) is 6.54 Å². The topological polar surface area (TPSA) is 21.3 Å². The van der Waals surface area contributed by atoms with Crippen molar-refractivity contribution in [1.29, 1.82) is 0 Å². The minimum absolute atomic E-state index is 0.175. The van der Waals surface area contributed by atoms with E-state index in [0.717, 1.165) is 17.9 Å². The minimum atomic E-state index is 0.175. The Morgan fingerprint density at radius 3 is 2.50 bits per heavy atom. The van der Waals surface area contributed by atoms with E-state index in [1.165, 1.54) is 16.7 Å². The first-order chi connectivity index (χ1) is 9.61. The van der Waals surface area contributed by atoms with Gasteiger partial charge in [0.15, 0.2) is 0 Å². The van der Waals surface area contributed by atoms with E-state index in [1.807, 2.05) is 19.2 Å². The molecule has 0 aliphatic heterocycles. The number of nitrogens with one attached hydrogen (secondary N) is 1. The lowest BCUT2D eigenvalue weighted by molar-refractivity contribution is 0.243. The van der Waals surface area contributed by atoms with Crippen LogP contribution in [0.2, 0.25) is 0 Å². The first-order valence-electron chi connectivity index (χ1n) is 7.12. The number of hydrogen-bond acceptors (Lipinski definition) is 2. The smallest absolute Gasteiger partial charge is 0.127 e. The molecule has 0 amide bonds. The molecule has 0 aliphatic carbocycles. The molecule has 0 unspecified atom stereocenters. The Hall–Kier alpha value is -1.80. The fraction of sp³-hybridized carbons (Fsp3) is 0.333. The fourth-order valence-electron chi connectivity index (χ4n) is 2.33. The summed E-state index contributed by atoms with van der Waals surface area (Å²) >= 11 is 0. The van der Waals surface area contributed by atoms with Gasteiger partial charge in [-0.15, -0.1) is 0 Å². The summed E-state index contributed by atoms with van der Waals surface area (Å²) in [5.41, 5.74) is 4.96. The van der Waals surface area contributed by atoms with Crippen molar-refractivity contribution in [3.05, 3.63) is 53.6 Å². The molecule has 0 aromatic heterocycles. The van der Waals surface area contributed by atoms with Crippen LogP contribution in [0.3, 0.4) is 0 Å². The predicted octanol–water partition coefficient (Wildman–Crippen LogP) is 4.17. The molecule has 106 valence electrons. The Bertz CT molecular complexity index is 575. The average molecular weight is 269 g/mol. The normalized spacial score (nSPS) is 10.8. The molecular weight excluding hydrogens is 246 g/mol. The van der Waals surface area contributed by atoms with Gasteiger partial charge in [-0.05, 0) is 45.0 Å². The van der Waals surface area contributed by atoms with Crippen LogP contribution in [0.15, 0.2) is 42.5 Å². The number of hydrogen-bond donors (Lipinski definition) is 1. The van der Waals surface area contributed by atoms with Crippen LogP contribution in [-0.4, -0.2) is 13.2 Å². The Morgan fingerprint density at radius 2 is 1.80 bits per heavy atom. The minimum Gasteiger partial charge on any atom is -0.490 e. The molecule has 0 saturated carbocycles. The van der Waals surface area contributed by atoms with E-state index < -0.39 is 0 Å². The molecule has 0 radical (unpaired) electrons. The summed E-state index contributed by atoms with van der Waals surface area (Å²) in [5.74, 6) is 0.949. The van der Waals surface area contributed by atoms with E-state index in [2.05, 4.69) is 56.4 Å². The molecule has 1 N–H and O–H groups in total. The molecule has 20 heavy (non-hydrogen) atoms. The van der Waals surface area contributed by atoms with E-state index in [4.69, 9.17) is 4.74 Å². The quantitative estimate of drug-likeness (QED) is 0.879. The van der Waals surface area contributed by atoms with E-state index >= 15 is 0 Å². The molecule has 0 aliphatic rings. The van der Waals surface area contributed by atoms with Crippen molar-refractivity contribution in [3.63, 3.8) is 0 Å². The van der Waals surface area contributed by atoms with Crippen LogP contribution in [0.5, 0.6) is 5.75 Å². The van der Waals surface area contributed by atoms with Gasteiger partial charge in [-0.25, -0.2) is 0 Å². The van der Waals surface area contributed by atoms with Crippen LogP contribution in [0, 0.1) is 6.92 Å². The van der Waals surface area contributed by atoms with Gasteiger partial charge in [0.05, 0.1) is 6.10 Å². The molecule has 2 heteroatoms. The highest BCUT2D eigenvalue weighted by Gasteiger charge is 2.11. The van der Waals surface area contributed by atoms with Gasteiger partial charge in [0.25, 0.3) is 0 Å². The summed E-state index contributed by atoms with van der Waals surface area (Å²) < 4.78 is 5.95. The molecular formula is C18H23NO. The van der Waals surface area contributed by atoms with Crippen molar-refractivity contribution in [2.45, 2.75) is 33.4 Å². The SMILES string of the molecule is CNCc1ccc(C)cc1-c1ccccc1OC(C)C. The zero-order valence-electron chi connectivity index (χ0n) is 12.7. The van der Waals surface area contributed by atoms with Gasteiger partial charge in [-0.2, -0.15) is 0 Å². The molecule has 0 spiro atoms. The molecule has 2 rings (SSSR count). The number of aryl methyl sites for hydroxylation is 1. The van der Waals surface area contributed by atoms with Gasteiger partial charge in [0.2, 0.25) is 0 Å². The average Bonchev–Trinajstić information content (AvgIpc) is 2.41. The number of benzene rings is 2. The second kappa shape index (κ2) is 6.58. The van der Waals surface area contributed by atoms with E-state index in [1.54, 1.807) is 0 Å². The van der Waals surface area contributed by atoms with Gasteiger partial charge in [0.1, 0.15) is 5.75 Å². The van der Waals surface area contributed by atoms with Crippen LogP contribution in [0.25, 0.3) is 11.1 Å². The van der Waals surface area contributed by atoms with Crippen molar-refractivity contribution < 1.29 is 4.74 Å². The van der Waals surface area contributed by atoms with Gasteiger partial charge < -0.3 is 10.1 Å². The van der Waals surface area contributed by atoms with Gasteiger partial charge in [-0.3, -0.25) is 0 Å². The fourth-order valence-corrected chi connectivity index (χ4v) is 2.33. The molecule has 0 saturated heterocycles. The molecule has 2 aromatic rings. The zero-order valence-corrected chi connectivity index (χ0v) is 12.7. The second-order valence-corrected chi connectivity index (χ2v) is 5.35. The molecule has 2 aromatic carbocycles. The van der Waals surface area contributed by atoms with Crippen molar-refractivity contribution in [2.24, 2.45) is 0 Å². The first kappa shape index (κ1) is 14.6. The summed E-state index contributed by atoms with van der Waals surface area (Å²) in [6.07, 6.45) is 0.175. The largest absolute Gasteiger partial charge is 0.490 e. The number of ether oxygens (including phenoxy) is 1. The Morgan fingerprint density at radius 1 is 1.05 bits per heavy atom. The van der Waals surface area contributed by atoms with Crippen molar-refractivity contribution >= 4 is 0 Å². The molecule has 0 fully saturated rings. The molecule has 0 heterocycles. The monoisotopic (exact) mass is 269 g/mol. The summed E-state index contributed by atoms with van der Waals surface area (Å²) in [6.45, 7) is 7.09. The van der Waals surface area contributed by atoms with Gasteiger partial charge in [-0.1, -0.05) is 42.0 Å². The third-order valence-electron chi connectivity index (χ3n) is 3.17. The standard InChI is InChI=1S/C18H23NO/c1-13(2)20-18-8-6-5-7-16(18)17-11-14(3)9-10-15(17)12-19-4/h5-11,13,19H,12H2,1-4H3. The maximum absolute atomic E-state index is 5.95. The summed E-state index contributed by atoms with van der Waals surface area (Å²) in [7, 11) is 1.97. The van der Waals surface area contributed by atoms with Crippen molar-refractivity contribution in [2.75, 3.05) is 7.05 Å². The van der Waals surface area contributed by atoms with Gasteiger partial charge >= 0.3 is 0 Å². The maximum Gasteiger partial charge on any atom is 0.127 e. The zero-order chi connectivity index (χ0) is 14.5. The third kappa shape index (κ3) is 3.40. The van der Waals surface area contributed by atoms with Crippen LogP contribution >= 0.6 is 0 Å².